The van der Waals surface area contributed by atoms with Crippen molar-refractivity contribution >= 4 is 11.3 Å². The highest BCUT2D eigenvalue weighted by molar-refractivity contribution is 7.13. The molecule has 0 saturated heterocycles. The maximum Gasteiger partial charge on any atom is 0.123 e. The van der Waals surface area contributed by atoms with Crippen molar-refractivity contribution in [2.75, 3.05) is 0 Å². The number of H-pyrrole nitrogens is 1. The summed E-state index contributed by atoms with van der Waals surface area (Å²) in [6.45, 7) is 0. The highest BCUT2D eigenvalue weighted by Gasteiger charge is 2.06. The number of aromatic amines is 1. The summed E-state index contributed by atoms with van der Waals surface area (Å²) in [6.07, 6.45) is 0. The Morgan fingerprint density at radius 2 is 1.94 bits per heavy atom. The Balaban J connectivity index is 1.98. The minimum atomic E-state index is -0.234. The van der Waals surface area contributed by atoms with Crippen LogP contribution in [0.25, 0.3) is 21.8 Å². The van der Waals surface area contributed by atoms with E-state index in [-0.39, 0.29) is 5.82 Å². The van der Waals surface area contributed by atoms with Crippen molar-refractivity contribution in [3.8, 4) is 21.8 Å². The number of hydrogen-bond donors (Lipinski definition) is 1. The molecule has 2 nitrogen and oxygen atoms in total. The fourth-order valence-corrected chi connectivity index (χ4v) is 2.34. The fraction of sp³-hybridized carbons (Fsp3) is 0. The Hall–Kier alpha value is -1.94. The first-order valence-corrected chi connectivity index (χ1v) is 6.06. The van der Waals surface area contributed by atoms with E-state index < -0.39 is 0 Å². The molecule has 4 heteroatoms. The quantitative estimate of drug-likeness (QED) is 0.726. The Morgan fingerprint density at radius 1 is 1.12 bits per heavy atom. The third-order valence-corrected chi connectivity index (χ3v) is 3.41. The Morgan fingerprint density at radius 3 is 2.65 bits per heavy atom. The summed E-state index contributed by atoms with van der Waals surface area (Å²) < 4.78 is 12.8. The largest absolute Gasteiger partial charge is 0.276 e. The monoisotopic (exact) mass is 244 g/mol. The van der Waals surface area contributed by atoms with Crippen LogP contribution in [0.15, 0.2) is 47.8 Å². The number of nitrogens with zero attached hydrogens (tertiary/aromatic N) is 1. The molecule has 0 spiro atoms. The van der Waals surface area contributed by atoms with Crippen molar-refractivity contribution < 1.29 is 4.39 Å². The average molecular weight is 244 g/mol. The molecule has 0 bridgehead atoms. The Kier molecular flexibility index (Phi) is 2.49. The molecule has 17 heavy (non-hydrogen) atoms. The topological polar surface area (TPSA) is 28.7 Å². The van der Waals surface area contributed by atoms with Gasteiger partial charge in [0.05, 0.1) is 16.3 Å². The van der Waals surface area contributed by atoms with Crippen LogP contribution in [-0.2, 0) is 0 Å². The van der Waals surface area contributed by atoms with Gasteiger partial charge in [0.1, 0.15) is 5.82 Å². The van der Waals surface area contributed by atoms with E-state index in [1.165, 1.54) is 12.1 Å². The maximum absolute atomic E-state index is 12.8. The summed E-state index contributed by atoms with van der Waals surface area (Å²) in [5.41, 5.74) is 2.72. The van der Waals surface area contributed by atoms with Crippen molar-refractivity contribution in [3.63, 3.8) is 0 Å². The van der Waals surface area contributed by atoms with Crippen LogP contribution in [0, 0.1) is 5.82 Å². The number of aromatic nitrogens is 2. The zero-order chi connectivity index (χ0) is 11.7. The Bertz CT molecular complexity index is 611. The van der Waals surface area contributed by atoms with Gasteiger partial charge in [0.15, 0.2) is 0 Å². The van der Waals surface area contributed by atoms with E-state index in [2.05, 4.69) is 10.2 Å². The number of benzene rings is 1. The van der Waals surface area contributed by atoms with Crippen LogP contribution in [0.5, 0.6) is 0 Å². The minimum absolute atomic E-state index is 0.234. The third-order valence-electron chi connectivity index (χ3n) is 2.50. The van der Waals surface area contributed by atoms with Gasteiger partial charge in [0.2, 0.25) is 0 Å². The normalized spacial score (nSPS) is 10.6. The molecular formula is C13H9FN2S. The van der Waals surface area contributed by atoms with Crippen molar-refractivity contribution in [2.24, 2.45) is 0 Å². The number of halogens is 1. The average Bonchev–Trinajstić information content (AvgIpc) is 3.00. The highest BCUT2D eigenvalue weighted by Crippen LogP contribution is 2.26. The zero-order valence-electron chi connectivity index (χ0n) is 8.85. The van der Waals surface area contributed by atoms with Crippen LogP contribution >= 0.6 is 11.3 Å². The minimum Gasteiger partial charge on any atom is -0.276 e. The number of hydrogen-bond acceptors (Lipinski definition) is 2. The number of rotatable bonds is 2. The van der Waals surface area contributed by atoms with Gasteiger partial charge in [0.25, 0.3) is 0 Å². The number of nitrogens with one attached hydrogen (secondary N) is 1. The summed E-state index contributed by atoms with van der Waals surface area (Å²) in [5, 5.41) is 9.24. The zero-order valence-corrected chi connectivity index (χ0v) is 9.67. The van der Waals surface area contributed by atoms with Crippen molar-refractivity contribution in [3.05, 3.63) is 53.7 Å². The van der Waals surface area contributed by atoms with Crippen LogP contribution in [-0.4, -0.2) is 10.2 Å². The maximum atomic E-state index is 12.8. The first kappa shape index (κ1) is 10.2. The van der Waals surface area contributed by atoms with E-state index in [0.29, 0.717) is 0 Å². The van der Waals surface area contributed by atoms with E-state index in [1.807, 2.05) is 23.6 Å². The predicted octanol–water partition coefficient (Wildman–Crippen LogP) is 3.94. The van der Waals surface area contributed by atoms with Gasteiger partial charge < -0.3 is 0 Å². The van der Waals surface area contributed by atoms with E-state index in [9.17, 15) is 4.39 Å². The molecule has 3 aromatic rings. The molecular weight excluding hydrogens is 235 g/mol. The molecule has 0 amide bonds. The van der Waals surface area contributed by atoms with Gasteiger partial charge in [-0.25, -0.2) is 4.39 Å². The molecule has 84 valence electrons. The van der Waals surface area contributed by atoms with E-state index in [1.54, 1.807) is 23.5 Å². The van der Waals surface area contributed by atoms with Gasteiger partial charge in [-0.1, -0.05) is 6.07 Å². The summed E-state index contributed by atoms with van der Waals surface area (Å²) in [5.74, 6) is -0.234. The molecule has 0 atom stereocenters. The molecule has 3 rings (SSSR count). The summed E-state index contributed by atoms with van der Waals surface area (Å²) in [6, 6.07) is 12.3. The standard InChI is InChI=1S/C13H9FN2S/c14-10-5-3-9(4-6-10)11-8-12(16-15-11)13-2-1-7-17-13/h1-8H,(H,15,16). The first-order valence-electron chi connectivity index (χ1n) is 5.18. The third kappa shape index (κ3) is 1.99. The van der Waals surface area contributed by atoms with Crippen LogP contribution in [0.4, 0.5) is 4.39 Å². The van der Waals surface area contributed by atoms with E-state index >= 15 is 0 Å². The van der Waals surface area contributed by atoms with Crippen molar-refractivity contribution in [1.29, 1.82) is 0 Å². The van der Waals surface area contributed by atoms with E-state index in [0.717, 1.165) is 21.8 Å². The lowest BCUT2D eigenvalue weighted by Gasteiger charge is -1.94. The summed E-state index contributed by atoms with van der Waals surface area (Å²) in [7, 11) is 0. The van der Waals surface area contributed by atoms with Gasteiger partial charge in [-0.05, 0) is 41.8 Å². The van der Waals surface area contributed by atoms with Crippen LogP contribution in [0.3, 0.4) is 0 Å². The lowest BCUT2D eigenvalue weighted by Crippen LogP contribution is -1.78. The van der Waals surface area contributed by atoms with Crippen molar-refractivity contribution in [1.82, 2.24) is 10.2 Å². The molecule has 1 aromatic carbocycles. The molecule has 0 radical (unpaired) electrons. The second-order valence-electron chi connectivity index (χ2n) is 3.65. The van der Waals surface area contributed by atoms with Crippen LogP contribution < -0.4 is 0 Å². The lowest BCUT2D eigenvalue weighted by molar-refractivity contribution is 0.628. The number of thiophene rings is 1. The molecule has 0 fully saturated rings. The van der Waals surface area contributed by atoms with E-state index in [4.69, 9.17) is 0 Å². The molecule has 2 aromatic heterocycles. The van der Waals surface area contributed by atoms with Crippen molar-refractivity contribution in [2.45, 2.75) is 0 Å². The molecule has 0 aliphatic heterocycles. The SMILES string of the molecule is Fc1ccc(-c2cc(-c3cccs3)[nH]n2)cc1. The second kappa shape index (κ2) is 4.14. The highest BCUT2D eigenvalue weighted by atomic mass is 32.1. The smallest absolute Gasteiger partial charge is 0.123 e. The summed E-state index contributed by atoms with van der Waals surface area (Å²) >= 11 is 1.66. The van der Waals surface area contributed by atoms with Gasteiger partial charge >= 0.3 is 0 Å². The molecule has 0 aliphatic rings. The second-order valence-corrected chi connectivity index (χ2v) is 4.60. The fourth-order valence-electron chi connectivity index (χ4n) is 1.65. The Labute approximate surface area is 102 Å². The predicted molar refractivity (Wildman–Crippen MR) is 67.3 cm³/mol. The molecule has 0 aliphatic carbocycles. The molecule has 2 heterocycles. The summed E-state index contributed by atoms with van der Waals surface area (Å²) in [4.78, 5) is 1.14. The van der Waals surface area contributed by atoms with Gasteiger partial charge in [0, 0.05) is 5.56 Å². The molecule has 0 unspecified atom stereocenters. The van der Waals surface area contributed by atoms with Gasteiger partial charge in [-0.3, -0.25) is 5.10 Å². The lowest BCUT2D eigenvalue weighted by atomic mass is 10.1. The van der Waals surface area contributed by atoms with Crippen LogP contribution in [0.1, 0.15) is 0 Å². The first-order chi connectivity index (χ1) is 8.33. The van der Waals surface area contributed by atoms with Gasteiger partial charge in [-0.2, -0.15) is 5.10 Å². The van der Waals surface area contributed by atoms with Crippen LogP contribution in [0.2, 0.25) is 0 Å². The van der Waals surface area contributed by atoms with Gasteiger partial charge in [-0.15, -0.1) is 11.3 Å². The molecule has 0 saturated carbocycles. The molecule has 1 N–H and O–H groups in total.